The number of nitrogens with two attached hydrogens (primary N) is 1. The van der Waals surface area contributed by atoms with Crippen LogP contribution in [-0.2, 0) is 0 Å². The molecule has 0 aliphatic carbocycles. The summed E-state index contributed by atoms with van der Waals surface area (Å²) < 4.78 is -0.0704. The molecule has 60 valence electrons. The zero-order chi connectivity index (χ0) is 8.43. The second kappa shape index (κ2) is 3.44. The van der Waals surface area contributed by atoms with Gasteiger partial charge >= 0.3 is 0 Å². The molecule has 2 N–H and O–H groups in total. The average Bonchev–Trinajstić information content (AvgIpc) is 1.85. The quantitative estimate of drug-likeness (QED) is 0.794. The fourth-order valence-electron chi connectivity index (χ4n) is 0.622. The second-order valence-electron chi connectivity index (χ2n) is 1.90. The number of nitrogens with zero attached hydrogens (tertiary/aromatic N) is 3. The number of alkyl halides is 2. The number of aromatic nitrogens is 3. The van der Waals surface area contributed by atoms with Crippen molar-refractivity contribution in [1.82, 2.24) is 15.0 Å². The van der Waals surface area contributed by atoms with E-state index in [1.165, 1.54) is 0 Å². The molecule has 0 radical (unpaired) electrons. The van der Waals surface area contributed by atoms with Crippen LogP contribution in [0.4, 0.5) is 5.95 Å². The molecule has 0 bridgehead atoms. The van der Waals surface area contributed by atoms with Crippen molar-refractivity contribution in [3.05, 3.63) is 11.6 Å². The summed E-state index contributed by atoms with van der Waals surface area (Å²) in [6, 6.07) is 0. The number of hydrogen-bond acceptors (Lipinski definition) is 4. The minimum absolute atomic E-state index is 0.0704. The molecule has 0 atom stereocenters. The third kappa shape index (κ3) is 2.37. The summed E-state index contributed by atoms with van der Waals surface area (Å²) in [6.45, 7) is 1.77. The van der Waals surface area contributed by atoms with Crippen molar-refractivity contribution in [1.29, 1.82) is 0 Å². The summed E-state index contributed by atoms with van der Waals surface area (Å²) in [6.07, 6.45) is 0. The maximum absolute atomic E-state index is 5.39. The largest absolute Gasteiger partial charge is 0.368 e. The third-order valence-corrected chi connectivity index (χ3v) is 1.80. The van der Waals surface area contributed by atoms with Gasteiger partial charge in [-0.2, -0.15) is 9.97 Å². The summed E-state index contributed by atoms with van der Waals surface area (Å²) in [5.74, 6) is 1.46. The summed E-state index contributed by atoms with van der Waals surface area (Å²) >= 11 is 6.52. The normalized spacial score (nSPS) is 10.5. The lowest BCUT2D eigenvalue weighted by Gasteiger charge is -2.01. The van der Waals surface area contributed by atoms with Crippen LogP contribution in [0.25, 0.3) is 0 Å². The molecule has 0 aliphatic rings. The van der Waals surface area contributed by atoms with Crippen molar-refractivity contribution in [2.75, 3.05) is 5.73 Å². The van der Waals surface area contributed by atoms with Gasteiger partial charge in [0.25, 0.3) is 0 Å². The summed E-state index contributed by atoms with van der Waals surface area (Å²) in [5.41, 5.74) is 5.39. The van der Waals surface area contributed by atoms with Crippen molar-refractivity contribution in [2.45, 2.75) is 10.7 Å². The predicted molar refractivity (Wildman–Crippen MR) is 49.6 cm³/mol. The monoisotopic (exact) mass is 280 g/mol. The number of halogens is 2. The van der Waals surface area contributed by atoms with E-state index in [2.05, 4.69) is 46.8 Å². The Hall–Kier alpha value is -0.230. The molecule has 11 heavy (non-hydrogen) atoms. The van der Waals surface area contributed by atoms with E-state index < -0.39 is 0 Å². The highest BCUT2D eigenvalue weighted by Gasteiger charge is 2.07. The van der Waals surface area contributed by atoms with E-state index in [4.69, 9.17) is 5.73 Å². The molecule has 0 amide bonds. The first kappa shape index (κ1) is 8.86. The van der Waals surface area contributed by atoms with E-state index >= 15 is 0 Å². The highest BCUT2D eigenvalue weighted by atomic mass is 79.9. The molecule has 0 aromatic carbocycles. The SMILES string of the molecule is Cc1nc(N)nc(C(Br)Br)n1. The van der Waals surface area contributed by atoms with Crippen LogP contribution >= 0.6 is 31.9 Å². The van der Waals surface area contributed by atoms with Crippen LogP contribution in [-0.4, -0.2) is 15.0 Å². The summed E-state index contributed by atoms with van der Waals surface area (Å²) in [7, 11) is 0. The van der Waals surface area contributed by atoms with Crippen LogP contribution in [0.15, 0.2) is 0 Å². The lowest BCUT2D eigenvalue weighted by atomic mass is 10.6. The number of rotatable bonds is 1. The van der Waals surface area contributed by atoms with Crippen molar-refractivity contribution in [3.63, 3.8) is 0 Å². The number of nitrogen functional groups attached to an aromatic ring is 1. The van der Waals surface area contributed by atoms with E-state index in [0.29, 0.717) is 11.6 Å². The van der Waals surface area contributed by atoms with Crippen molar-refractivity contribution in [3.8, 4) is 0 Å². The van der Waals surface area contributed by atoms with Crippen LogP contribution in [0.5, 0.6) is 0 Å². The van der Waals surface area contributed by atoms with Gasteiger partial charge in [0.1, 0.15) is 9.56 Å². The highest BCUT2D eigenvalue weighted by molar-refractivity contribution is 9.24. The summed E-state index contributed by atoms with van der Waals surface area (Å²) in [4.78, 5) is 11.8. The molecule has 1 heterocycles. The molecule has 0 spiro atoms. The predicted octanol–water partition coefficient (Wildman–Crippen LogP) is 1.55. The maximum atomic E-state index is 5.39. The van der Waals surface area contributed by atoms with Gasteiger partial charge in [0.05, 0.1) is 0 Å². The Kier molecular flexibility index (Phi) is 2.78. The van der Waals surface area contributed by atoms with Crippen LogP contribution in [0.2, 0.25) is 0 Å². The Labute approximate surface area is 80.9 Å². The zero-order valence-corrected chi connectivity index (χ0v) is 8.92. The third-order valence-electron chi connectivity index (χ3n) is 0.977. The lowest BCUT2D eigenvalue weighted by molar-refractivity contribution is 0.924. The topological polar surface area (TPSA) is 64.7 Å². The molecule has 0 saturated heterocycles. The van der Waals surface area contributed by atoms with Gasteiger partial charge in [-0.3, -0.25) is 0 Å². The van der Waals surface area contributed by atoms with E-state index in [1.807, 2.05) is 0 Å². The minimum Gasteiger partial charge on any atom is -0.368 e. The zero-order valence-electron chi connectivity index (χ0n) is 5.75. The summed E-state index contributed by atoms with van der Waals surface area (Å²) in [5, 5.41) is 0. The van der Waals surface area contributed by atoms with Gasteiger partial charge in [-0.25, -0.2) is 4.98 Å². The molecule has 0 fully saturated rings. The number of hydrogen-bond donors (Lipinski definition) is 1. The first-order chi connectivity index (χ1) is 5.09. The molecule has 0 saturated carbocycles. The van der Waals surface area contributed by atoms with E-state index in [1.54, 1.807) is 6.92 Å². The van der Waals surface area contributed by atoms with Crippen LogP contribution in [0.3, 0.4) is 0 Å². The molecular weight excluding hydrogens is 276 g/mol. The van der Waals surface area contributed by atoms with E-state index in [-0.39, 0.29) is 9.68 Å². The smallest absolute Gasteiger partial charge is 0.223 e. The molecule has 0 unspecified atom stereocenters. The van der Waals surface area contributed by atoms with Crippen molar-refractivity contribution < 1.29 is 0 Å². The number of anilines is 1. The van der Waals surface area contributed by atoms with Gasteiger partial charge in [-0.05, 0) is 6.92 Å². The van der Waals surface area contributed by atoms with Gasteiger partial charge in [-0.15, -0.1) is 0 Å². The molecule has 1 aromatic rings. The lowest BCUT2D eigenvalue weighted by Crippen LogP contribution is -2.03. The van der Waals surface area contributed by atoms with Crippen LogP contribution < -0.4 is 5.73 Å². The van der Waals surface area contributed by atoms with Gasteiger partial charge in [0.15, 0.2) is 5.82 Å². The average molecular weight is 282 g/mol. The van der Waals surface area contributed by atoms with E-state index in [0.717, 1.165) is 0 Å². The minimum atomic E-state index is -0.0704. The Bertz CT molecular complexity index is 242. The van der Waals surface area contributed by atoms with Crippen molar-refractivity contribution >= 4 is 37.8 Å². The first-order valence-electron chi connectivity index (χ1n) is 2.86. The van der Waals surface area contributed by atoms with Gasteiger partial charge in [0.2, 0.25) is 5.95 Å². The molecule has 6 heteroatoms. The Morgan fingerprint density at radius 1 is 1.27 bits per heavy atom. The van der Waals surface area contributed by atoms with Crippen LogP contribution in [0.1, 0.15) is 15.4 Å². The van der Waals surface area contributed by atoms with Gasteiger partial charge < -0.3 is 5.73 Å². The first-order valence-corrected chi connectivity index (χ1v) is 4.69. The fraction of sp³-hybridized carbons (Fsp3) is 0.400. The fourth-order valence-corrected chi connectivity index (χ4v) is 1.03. The molecule has 4 nitrogen and oxygen atoms in total. The van der Waals surface area contributed by atoms with Crippen molar-refractivity contribution in [2.24, 2.45) is 0 Å². The maximum Gasteiger partial charge on any atom is 0.223 e. The van der Waals surface area contributed by atoms with E-state index in [9.17, 15) is 0 Å². The highest BCUT2D eigenvalue weighted by Crippen LogP contribution is 2.25. The molecule has 1 rings (SSSR count). The Balaban J connectivity index is 3.08. The Morgan fingerprint density at radius 2 is 1.91 bits per heavy atom. The molecule has 1 aromatic heterocycles. The Morgan fingerprint density at radius 3 is 2.36 bits per heavy atom. The van der Waals surface area contributed by atoms with Crippen LogP contribution in [0, 0.1) is 6.92 Å². The standard InChI is InChI=1S/C5H6Br2N4/c1-2-9-4(3(6)7)11-5(8)10-2/h3H,1H3,(H2,8,9,10,11). The number of aryl methyl sites for hydroxylation is 1. The molecule has 0 aliphatic heterocycles. The molecular formula is C5H6Br2N4. The van der Waals surface area contributed by atoms with Gasteiger partial charge in [-0.1, -0.05) is 31.9 Å². The second-order valence-corrected chi connectivity index (χ2v) is 4.96. The van der Waals surface area contributed by atoms with Gasteiger partial charge in [0, 0.05) is 0 Å².